The van der Waals surface area contributed by atoms with Gasteiger partial charge in [-0.15, -0.1) is 0 Å². The van der Waals surface area contributed by atoms with Crippen molar-refractivity contribution in [1.29, 1.82) is 0 Å². The predicted molar refractivity (Wildman–Crippen MR) is 153 cm³/mol. The zero-order valence-corrected chi connectivity index (χ0v) is 27.5. The van der Waals surface area contributed by atoms with Crippen LogP contribution in [0, 0.1) is 52.3 Å². The Morgan fingerprint density at radius 3 is 1.81 bits per heavy atom. The first-order valence-electron chi connectivity index (χ1n) is 15.1. The Morgan fingerprint density at radius 2 is 1.24 bits per heavy atom. The molecule has 4 unspecified atom stereocenters. The zero-order valence-electron chi connectivity index (χ0n) is 25.1. The first-order valence-corrected chi connectivity index (χ1v) is 19.2. The van der Waals surface area contributed by atoms with Crippen molar-refractivity contribution in [2.24, 2.45) is 52.3 Å². The van der Waals surface area contributed by atoms with Gasteiger partial charge in [0.05, 0.1) is 6.10 Å². The number of hydrogen-bond acceptors (Lipinski definition) is 9. The molecule has 0 saturated heterocycles. The van der Waals surface area contributed by atoms with Gasteiger partial charge in [0, 0.05) is 0 Å². The van der Waals surface area contributed by atoms with Gasteiger partial charge in [-0.05, 0) is 97.2 Å². The molecule has 0 aromatic rings. The maximum absolute atomic E-state index is 12.0. The minimum Gasteiger partial charge on any atom is -0.264 e. The summed E-state index contributed by atoms with van der Waals surface area (Å²) in [5, 5.41) is 0. The summed E-state index contributed by atoms with van der Waals surface area (Å²) in [6, 6.07) is 0. The van der Waals surface area contributed by atoms with E-state index in [-0.39, 0.29) is 36.0 Å². The molecule has 12 nitrogen and oxygen atoms in total. The van der Waals surface area contributed by atoms with Crippen LogP contribution in [0.5, 0.6) is 0 Å². The fourth-order valence-electron chi connectivity index (χ4n) is 10.1. The lowest BCUT2D eigenvalue weighted by Crippen LogP contribution is -2.62. The lowest BCUT2D eigenvalue weighted by atomic mass is 9.43. The SMILES string of the molecule is CC(C)CCC[C@@H](C)[C@H]1CC[C@H]2[C@@H]3CC(OS(=O)(=O)O)C4CC(OS(=O)(=O)O)C(OS(=O)(=O)O)C[C@]4(C)[C@H]3CC[C@]12C. The molecule has 4 fully saturated rings. The van der Waals surface area contributed by atoms with Crippen LogP contribution in [0.2, 0.25) is 0 Å². The van der Waals surface area contributed by atoms with Crippen molar-refractivity contribution in [2.45, 2.75) is 117 Å². The highest BCUT2D eigenvalue weighted by molar-refractivity contribution is 7.81. The van der Waals surface area contributed by atoms with Gasteiger partial charge in [0.25, 0.3) is 0 Å². The number of fused-ring (bicyclic) bond motifs is 5. The third-order valence-corrected chi connectivity index (χ3v) is 13.0. The van der Waals surface area contributed by atoms with Crippen molar-refractivity contribution in [3.05, 3.63) is 0 Å². The molecule has 4 aliphatic carbocycles. The molecule has 0 amide bonds. The molecule has 42 heavy (non-hydrogen) atoms. The highest BCUT2D eigenvalue weighted by atomic mass is 32.3. The summed E-state index contributed by atoms with van der Waals surface area (Å²) in [7, 11) is -15.0. The van der Waals surface area contributed by atoms with Crippen LogP contribution >= 0.6 is 0 Å². The third-order valence-electron chi connectivity index (χ3n) is 11.6. The highest BCUT2D eigenvalue weighted by Gasteiger charge is 2.65. The summed E-state index contributed by atoms with van der Waals surface area (Å²) in [6.45, 7) is 11.0. The van der Waals surface area contributed by atoms with Gasteiger partial charge >= 0.3 is 31.2 Å². The van der Waals surface area contributed by atoms with Gasteiger partial charge in [-0.1, -0.05) is 53.9 Å². The lowest BCUT2D eigenvalue weighted by molar-refractivity contribution is -0.184. The first kappa shape index (κ1) is 34.5. The summed E-state index contributed by atoms with van der Waals surface area (Å²) in [6.07, 6.45) is 3.24. The molecule has 0 aliphatic heterocycles. The van der Waals surface area contributed by atoms with Gasteiger partial charge in [0.1, 0.15) is 12.2 Å². The van der Waals surface area contributed by atoms with E-state index < -0.39 is 60.8 Å². The Bertz CT molecular complexity index is 1300. The fraction of sp³-hybridized carbons (Fsp3) is 1.00. The van der Waals surface area contributed by atoms with Crippen LogP contribution < -0.4 is 0 Å². The molecule has 15 heteroatoms. The average Bonchev–Trinajstić information content (AvgIpc) is 3.14. The molecule has 0 radical (unpaired) electrons. The molecule has 0 spiro atoms. The average molecular weight is 661 g/mol. The van der Waals surface area contributed by atoms with Crippen molar-refractivity contribution in [3.8, 4) is 0 Å². The van der Waals surface area contributed by atoms with E-state index in [9.17, 15) is 38.9 Å². The zero-order chi connectivity index (χ0) is 31.5. The minimum absolute atomic E-state index is 0.00370. The largest absolute Gasteiger partial charge is 0.397 e. The third kappa shape index (κ3) is 7.52. The van der Waals surface area contributed by atoms with Gasteiger partial charge in [-0.3, -0.25) is 13.7 Å². The smallest absolute Gasteiger partial charge is 0.264 e. The van der Waals surface area contributed by atoms with Gasteiger partial charge < -0.3 is 0 Å². The molecule has 4 saturated carbocycles. The van der Waals surface area contributed by atoms with Crippen molar-refractivity contribution in [2.75, 3.05) is 0 Å². The van der Waals surface area contributed by atoms with Crippen molar-refractivity contribution in [1.82, 2.24) is 0 Å². The normalized spacial score (nSPS) is 41.6. The Morgan fingerprint density at radius 1 is 0.690 bits per heavy atom. The van der Waals surface area contributed by atoms with Crippen LogP contribution in [0.3, 0.4) is 0 Å². The molecular formula is C27H48O12S3. The molecule has 0 aromatic carbocycles. The van der Waals surface area contributed by atoms with E-state index in [1.54, 1.807) is 0 Å². The monoisotopic (exact) mass is 660 g/mol. The van der Waals surface area contributed by atoms with E-state index in [1.165, 1.54) is 12.8 Å². The van der Waals surface area contributed by atoms with Gasteiger partial charge in [-0.25, -0.2) is 12.5 Å². The van der Waals surface area contributed by atoms with E-state index in [4.69, 9.17) is 12.5 Å². The van der Waals surface area contributed by atoms with Gasteiger partial charge in [-0.2, -0.15) is 25.3 Å². The summed E-state index contributed by atoms with van der Waals surface area (Å²) < 4.78 is 114. The fourth-order valence-corrected chi connectivity index (χ4v) is 11.6. The maximum atomic E-state index is 12.0. The summed E-state index contributed by atoms with van der Waals surface area (Å²) in [5.74, 6) is 1.29. The summed E-state index contributed by atoms with van der Waals surface area (Å²) in [4.78, 5) is 0. The standard InChI is InChI=1S/C27H48O12S3/c1-16(2)7-6-8-17(3)19-9-10-20-18-13-23(37-40(28,29)30)22-14-24(38-41(31,32)33)25(39-42(34,35)36)15-27(22,5)21(18)11-12-26(19,20)4/h16-25H,6-15H2,1-5H3,(H,28,29,30)(H,31,32,33)(H,34,35,36)/t17-,18+,19-,20+,21+,22?,23?,24?,25?,26-,27-/m1/s1. The van der Waals surface area contributed by atoms with Crippen LogP contribution in [0.25, 0.3) is 0 Å². The number of hydrogen-bond donors (Lipinski definition) is 3. The summed E-state index contributed by atoms with van der Waals surface area (Å²) in [5.41, 5.74) is -0.783. The molecule has 11 atom stereocenters. The Balaban J connectivity index is 1.67. The first-order chi connectivity index (χ1) is 19.1. The van der Waals surface area contributed by atoms with Crippen LogP contribution in [0.1, 0.15) is 98.8 Å². The molecule has 0 aromatic heterocycles. The van der Waals surface area contributed by atoms with Crippen LogP contribution in [0.4, 0.5) is 0 Å². The van der Waals surface area contributed by atoms with Crippen molar-refractivity contribution in [3.63, 3.8) is 0 Å². The molecule has 246 valence electrons. The molecule has 3 N–H and O–H groups in total. The Labute approximate surface area is 251 Å². The molecule has 4 aliphatic rings. The molecule has 4 rings (SSSR count). The van der Waals surface area contributed by atoms with E-state index in [0.29, 0.717) is 24.2 Å². The maximum Gasteiger partial charge on any atom is 0.397 e. The number of rotatable bonds is 11. The topological polar surface area (TPSA) is 191 Å². The summed E-state index contributed by atoms with van der Waals surface area (Å²) >= 11 is 0. The quantitative estimate of drug-likeness (QED) is 0.255. The van der Waals surface area contributed by atoms with E-state index in [0.717, 1.165) is 32.1 Å². The van der Waals surface area contributed by atoms with E-state index >= 15 is 0 Å². The molecule has 0 heterocycles. The second-order valence-corrected chi connectivity index (χ2v) is 17.5. The predicted octanol–water partition coefficient (Wildman–Crippen LogP) is 4.89. The van der Waals surface area contributed by atoms with E-state index in [2.05, 4.69) is 27.7 Å². The van der Waals surface area contributed by atoms with Crippen LogP contribution in [-0.2, 0) is 43.7 Å². The second kappa shape index (κ2) is 12.1. The minimum atomic E-state index is -5.06. The lowest BCUT2D eigenvalue weighted by Gasteiger charge is -2.63. The van der Waals surface area contributed by atoms with Gasteiger partial charge in [0.2, 0.25) is 0 Å². The second-order valence-electron chi connectivity index (χ2n) is 14.4. The van der Waals surface area contributed by atoms with Crippen LogP contribution in [0.15, 0.2) is 0 Å². The van der Waals surface area contributed by atoms with Crippen molar-refractivity contribution < 1.29 is 51.5 Å². The molecule has 0 bridgehead atoms. The highest BCUT2D eigenvalue weighted by Crippen LogP contribution is 2.69. The van der Waals surface area contributed by atoms with Crippen molar-refractivity contribution >= 4 is 31.2 Å². The Hall–Kier alpha value is -0.390. The van der Waals surface area contributed by atoms with Crippen LogP contribution in [-0.4, -0.2) is 57.2 Å². The molecular weight excluding hydrogens is 612 g/mol. The van der Waals surface area contributed by atoms with Gasteiger partial charge in [0.15, 0.2) is 0 Å². The Kier molecular flexibility index (Phi) is 9.92. The van der Waals surface area contributed by atoms with E-state index in [1.807, 2.05) is 6.92 Å².